The molecule has 0 radical (unpaired) electrons. The van der Waals surface area contributed by atoms with Gasteiger partial charge in [-0.05, 0) is 82.2 Å². The Hall–Kier alpha value is -1.70. The first-order valence-electron chi connectivity index (χ1n) is 11.7. The van der Waals surface area contributed by atoms with Crippen molar-refractivity contribution in [3.05, 3.63) is 45.2 Å². The van der Waals surface area contributed by atoms with Gasteiger partial charge in [-0.25, -0.2) is 9.37 Å². The number of carbonyl (C=O) groups is 1. The zero-order chi connectivity index (χ0) is 22.7. The van der Waals surface area contributed by atoms with Gasteiger partial charge in [0.05, 0.1) is 10.7 Å². The van der Waals surface area contributed by atoms with E-state index in [4.69, 9.17) is 17.3 Å². The first-order valence-corrected chi connectivity index (χ1v) is 12.9. The molecule has 174 valence electrons. The molecule has 2 aliphatic rings. The van der Waals surface area contributed by atoms with Crippen molar-refractivity contribution in [1.82, 2.24) is 14.8 Å². The van der Waals surface area contributed by atoms with Crippen LogP contribution in [0.15, 0.2) is 18.2 Å². The Morgan fingerprint density at radius 2 is 2.09 bits per heavy atom. The van der Waals surface area contributed by atoms with Crippen LogP contribution >= 0.6 is 22.9 Å². The molecule has 1 aromatic heterocycles. The number of nitrogens with zero attached hydrogens (tertiary/aromatic N) is 3. The van der Waals surface area contributed by atoms with Crippen molar-refractivity contribution >= 4 is 34.0 Å². The van der Waals surface area contributed by atoms with Crippen molar-refractivity contribution in [1.29, 1.82) is 0 Å². The van der Waals surface area contributed by atoms with Gasteiger partial charge in [-0.15, -0.1) is 11.3 Å². The maximum atomic E-state index is 13.4. The van der Waals surface area contributed by atoms with E-state index in [1.807, 2.05) is 4.90 Å². The number of aromatic nitrogens is 1. The number of hydrogen-bond donors (Lipinski definition) is 1. The van der Waals surface area contributed by atoms with E-state index in [2.05, 4.69) is 16.8 Å². The van der Waals surface area contributed by atoms with E-state index >= 15 is 0 Å². The van der Waals surface area contributed by atoms with Crippen molar-refractivity contribution in [3.63, 3.8) is 0 Å². The third kappa shape index (κ3) is 5.43. The minimum Gasteiger partial charge on any atom is -0.375 e. The maximum absolute atomic E-state index is 13.4. The highest BCUT2D eigenvalue weighted by Crippen LogP contribution is 2.31. The zero-order valence-corrected chi connectivity index (χ0v) is 20.2. The molecule has 1 atom stereocenters. The maximum Gasteiger partial charge on any atom is 0.253 e. The van der Waals surface area contributed by atoms with Gasteiger partial charge in [0.2, 0.25) is 0 Å². The van der Waals surface area contributed by atoms with Crippen molar-refractivity contribution in [2.75, 3.05) is 31.9 Å². The second kappa shape index (κ2) is 10.5. The summed E-state index contributed by atoms with van der Waals surface area (Å²) in [4.78, 5) is 23.1. The van der Waals surface area contributed by atoms with Crippen LogP contribution in [0.2, 0.25) is 5.02 Å². The predicted octanol–water partition coefficient (Wildman–Crippen LogP) is 5.03. The Bertz CT molecular complexity index is 944. The van der Waals surface area contributed by atoms with E-state index in [0.717, 1.165) is 64.7 Å². The van der Waals surface area contributed by atoms with E-state index < -0.39 is 5.82 Å². The molecule has 1 saturated heterocycles. The van der Waals surface area contributed by atoms with Gasteiger partial charge in [-0.2, -0.15) is 0 Å². The average molecular weight is 479 g/mol. The number of amides is 1. The number of thiazole rings is 1. The molecule has 1 fully saturated rings. The first kappa shape index (κ1) is 23.5. The lowest BCUT2D eigenvalue weighted by atomic mass is 9.91. The minimum atomic E-state index is -0.494. The number of piperidine rings is 1. The number of aryl methyl sites for hydroxylation is 1. The number of nitrogens with two attached hydrogens (primary N) is 1. The molecule has 2 heterocycles. The number of anilines is 1. The smallest absolute Gasteiger partial charge is 0.253 e. The summed E-state index contributed by atoms with van der Waals surface area (Å²) in [5.74, 6) is 0.0831. The molecule has 0 bridgehead atoms. The quantitative estimate of drug-likeness (QED) is 0.606. The Morgan fingerprint density at radius 3 is 2.81 bits per heavy atom. The van der Waals surface area contributed by atoms with Crippen LogP contribution in [0.1, 0.15) is 60.0 Å². The molecule has 1 aliphatic heterocycles. The molecule has 1 amide bonds. The molecule has 8 heteroatoms. The largest absolute Gasteiger partial charge is 0.375 e. The molecule has 32 heavy (non-hydrogen) atoms. The lowest BCUT2D eigenvalue weighted by Gasteiger charge is -2.36. The van der Waals surface area contributed by atoms with Crippen LogP contribution in [0.3, 0.4) is 0 Å². The first-order chi connectivity index (χ1) is 15.4. The van der Waals surface area contributed by atoms with Crippen LogP contribution in [-0.2, 0) is 12.8 Å². The standard InChI is InChI=1S/C24H32ClFN4OS/c1-2-10-29(18-4-6-21-22(15-18)32-24(27)28-21)11-7-16-8-12-30(13-9-16)23(31)17-3-5-20(26)19(25)14-17/h3,5,14,16,18H,2,4,6-13,15H2,1H3,(H2,27,28)/t18-/m0/s1. The average Bonchev–Trinajstić information content (AvgIpc) is 3.17. The number of hydrogen-bond acceptors (Lipinski definition) is 5. The molecular weight excluding hydrogens is 447 g/mol. The van der Waals surface area contributed by atoms with Crippen molar-refractivity contribution in [2.24, 2.45) is 5.92 Å². The van der Waals surface area contributed by atoms with Gasteiger partial charge in [-0.3, -0.25) is 4.79 Å². The van der Waals surface area contributed by atoms with Crippen molar-refractivity contribution in [3.8, 4) is 0 Å². The van der Waals surface area contributed by atoms with E-state index in [1.165, 1.54) is 35.2 Å². The lowest BCUT2D eigenvalue weighted by Crippen LogP contribution is -2.42. The Balaban J connectivity index is 1.27. The monoisotopic (exact) mass is 478 g/mol. The highest BCUT2D eigenvalue weighted by Gasteiger charge is 2.28. The summed E-state index contributed by atoms with van der Waals surface area (Å²) in [5.41, 5.74) is 7.59. The van der Waals surface area contributed by atoms with Gasteiger partial charge in [0.1, 0.15) is 5.82 Å². The third-order valence-electron chi connectivity index (χ3n) is 6.85. The van der Waals surface area contributed by atoms with Gasteiger partial charge in [0, 0.05) is 29.6 Å². The summed E-state index contributed by atoms with van der Waals surface area (Å²) in [6, 6.07) is 4.79. The molecule has 1 aromatic carbocycles. The second-order valence-corrected chi connectivity index (χ2v) is 10.5. The molecule has 5 nitrogen and oxygen atoms in total. The van der Waals surface area contributed by atoms with Crippen LogP contribution in [-0.4, -0.2) is 52.9 Å². The number of benzene rings is 1. The van der Waals surface area contributed by atoms with E-state index in [1.54, 1.807) is 11.3 Å². The molecule has 2 aromatic rings. The fourth-order valence-corrected chi connectivity index (χ4v) is 6.17. The van der Waals surface area contributed by atoms with Crippen LogP contribution < -0.4 is 5.73 Å². The summed E-state index contributed by atoms with van der Waals surface area (Å²) in [5, 5.41) is 0.694. The minimum absolute atomic E-state index is 0.00222. The van der Waals surface area contributed by atoms with E-state index in [0.29, 0.717) is 22.7 Å². The summed E-state index contributed by atoms with van der Waals surface area (Å²) < 4.78 is 13.4. The molecule has 0 saturated carbocycles. The van der Waals surface area contributed by atoms with Crippen LogP contribution in [0.5, 0.6) is 0 Å². The summed E-state index contributed by atoms with van der Waals surface area (Å²) in [6.07, 6.45) is 7.60. The van der Waals surface area contributed by atoms with Crippen LogP contribution in [0, 0.1) is 11.7 Å². The van der Waals surface area contributed by atoms with E-state index in [-0.39, 0.29) is 10.9 Å². The summed E-state index contributed by atoms with van der Waals surface area (Å²) in [7, 11) is 0. The van der Waals surface area contributed by atoms with Crippen LogP contribution in [0.25, 0.3) is 0 Å². The molecule has 0 spiro atoms. The summed E-state index contributed by atoms with van der Waals surface area (Å²) >= 11 is 7.50. The Labute approximate surface area is 198 Å². The van der Waals surface area contributed by atoms with E-state index in [9.17, 15) is 9.18 Å². The highest BCUT2D eigenvalue weighted by atomic mass is 35.5. The van der Waals surface area contributed by atoms with Gasteiger partial charge >= 0.3 is 0 Å². The highest BCUT2D eigenvalue weighted by molar-refractivity contribution is 7.15. The molecular formula is C24H32ClFN4OS. The Morgan fingerprint density at radius 1 is 1.31 bits per heavy atom. The van der Waals surface area contributed by atoms with Gasteiger partial charge in [-0.1, -0.05) is 18.5 Å². The number of likely N-dealkylation sites (tertiary alicyclic amines) is 1. The Kier molecular flexibility index (Phi) is 7.69. The number of fused-ring (bicyclic) bond motifs is 1. The molecule has 0 unspecified atom stereocenters. The number of carbonyl (C=O) groups excluding carboxylic acids is 1. The normalized spacial score (nSPS) is 19.4. The van der Waals surface area contributed by atoms with Gasteiger partial charge in [0.25, 0.3) is 5.91 Å². The van der Waals surface area contributed by atoms with Crippen LogP contribution in [0.4, 0.5) is 9.52 Å². The number of rotatable bonds is 7. The number of nitrogen functional groups attached to an aromatic ring is 1. The van der Waals surface area contributed by atoms with Gasteiger partial charge < -0.3 is 15.5 Å². The lowest BCUT2D eigenvalue weighted by molar-refractivity contribution is 0.0675. The van der Waals surface area contributed by atoms with Crippen molar-refractivity contribution < 1.29 is 9.18 Å². The summed E-state index contributed by atoms with van der Waals surface area (Å²) in [6.45, 7) is 5.97. The molecule has 1 aliphatic carbocycles. The number of halogens is 2. The third-order valence-corrected chi connectivity index (χ3v) is 8.09. The fraction of sp³-hybridized carbons (Fsp3) is 0.583. The van der Waals surface area contributed by atoms with Gasteiger partial charge in [0.15, 0.2) is 5.13 Å². The second-order valence-electron chi connectivity index (χ2n) is 9.01. The van der Waals surface area contributed by atoms with Crippen molar-refractivity contribution in [2.45, 2.75) is 57.9 Å². The SMILES string of the molecule is CCCN(CCC1CCN(C(=O)c2ccc(F)c(Cl)c2)CC1)[C@H]1CCc2nc(N)sc2C1. The topological polar surface area (TPSA) is 62.5 Å². The zero-order valence-electron chi connectivity index (χ0n) is 18.7. The predicted molar refractivity (Wildman–Crippen MR) is 129 cm³/mol. The molecule has 2 N–H and O–H groups in total. The molecule has 4 rings (SSSR count). The fourth-order valence-electron chi connectivity index (χ4n) is 5.04.